The molecule has 24 heavy (non-hydrogen) atoms. The first kappa shape index (κ1) is 16.6. The van der Waals surface area contributed by atoms with Crippen LogP contribution in [0, 0.1) is 0 Å². The summed E-state index contributed by atoms with van der Waals surface area (Å²) in [7, 11) is 3.40. The van der Waals surface area contributed by atoms with Gasteiger partial charge in [-0.3, -0.25) is 4.79 Å². The molecule has 0 unspecified atom stereocenters. The lowest BCUT2D eigenvalue weighted by molar-refractivity contribution is 0.0793. The van der Waals surface area contributed by atoms with Gasteiger partial charge < -0.3 is 20.0 Å². The molecule has 2 saturated heterocycles. The number of amides is 3. The fraction of sp³-hybridized carbons (Fsp3) is 0.556. The van der Waals surface area contributed by atoms with Gasteiger partial charge in [0.05, 0.1) is 5.56 Å². The molecule has 0 saturated carbocycles. The van der Waals surface area contributed by atoms with E-state index in [1.165, 1.54) is 4.90 Å². The second kappa shape index (κ2) is 7.11. The summed E-state index contributed by atoms with van der Waals surface area (Å²) in [4.78, 5) is 30.6. The minimum atomic E-state index is -0.191. The first-order valence-electron chi connectivity index (χ1n) is 8.73. The van der Waals surface area contributed by atoms with Gasteiger partial charge in [0.2, 0.25) is 0 Å². The fourth-order valence-corrected chi connectivity index (χ4v) is 3.34. The van der Waals surface area contributed by atoms with E-state index in [9.17, 15) is 9.59 Å². The van der Waals surface area contributed by atoms with E-state index < -0.39 is 0 Å². The third kappa shape index (κ3) is 3.47. The highest BCUT2D eigenvalue weighted by Gasteiger charge is 2.25. The average Bonchev–Trinajstić information content (AvgIpc) is 3.27. The van der Waals surface area contributed by atoms with Gasteiger partial charge >= 0.3 is 6.03 Å². The van der Waals surface area contributed by atoms with Crippen molar-refractivity contribution in [2.75, 3.05) is 50.5 Å². The third-order valence-corrected chi connectivity index (χ3v) is 4.72. The summed E-state index contributed by atoms with van der Waals surface area (Å²) in [6.45, 7) is 3.63. The van der Waals surface area contributed by atoms with E-state index in [4.69, 9.17) is 0 Å². The molecule has 1 aromatic rings. The predicted molar refractivity (Wildman–Crippen MR) is 95.7 cm³/mol. The van der Waals surface area contributed by atoms with Crippen molar-refractivity contribution in [1.82, 2.24) is 9.80 Å². The van der Waals surface area contributed by atoms with Crippen molar-refractivity contribution in [3.8, 4) is 0 Å². The molecule has 3 rings (SSSR count). The molecular formula is C18H26N4O2. The number of benzene rings is 1. The molecule has 1 N–H and O–H groups in total. The van der Waals surface area contributed by atoms with Gasteiger partial charge in [0, 0.05) is 51.6 Å². The smallest absolute Gasteiger partial charge is 0.321 e. The Kier molecular flexibility index (Phi) is 4.92. The van der Waals surface area contributed by atoms with E-state index in [1.807, 2.05) is 23.1 Å². The summed E-state index contributed by atoms with van der Waals surface area (Å²) in [5.41, 5.74) is 2.36. The van der Waals surface area contributed by atoms with Crippen molar-refractivity contribution in [3.05, 3.63) is 23.8 Å². The monoisotopic (exact) mass is 330 g/mol. The van der Waals surface area contributed by atoms with Crippen molar-refractivity contribution < 1.29 is 9.59 Å². The maximum absolute atomic E-state index is 13.0. The summed E-state index contributed by atoms with van der Waals surface area (Å²) in [5.74, 6) is 0.0790. The van der Waals surface area contributed by atoms with Crippen molar-refractivity contribution in [2.24, 2.45) is 0 Å². The second-order valence-corrected chi connectivity index (χ2v) is 6.75. The molecule has 6 nitrogen and oxygen atoms in total. The van der Waals surface area contributed by atoms with Crippen LogP contribution in [0.2, 0.25) is 0 Å². The number of anilines is 2. The van der Waals surface area contributed by atoms with Crippen LogP contribution in [0.4, 0.5) is 16.2 Å². The van der Waals surface area contributed by atoms with Crippen LogP contribution in [0.3, 0.4) is 0 Å². The number of urea groups is 1. The van der Waals surface area contributed by atoms with E-state index in [1.54, 1.807) is 14.1 Å². The van der Waals surface area contributed by atoms with Crippen LogP contribution >= 0.6 is 0 Å². The number of likely N-dealkylation sites (tertiary alicyclic amines) is 1. The fourth-order valence-electron chi connectivity index (χ4n) is 3.34. The van der Waals surface area contributed by atoms with Crippen molar-refractivity contribution in [3.63, 3.8) is 0 Å². The molecule has 1 aromatic carbocycles. The molecule has 2 aliphatic heterocycles. The highest BCUT2D eigenvalue weighted by atomic mass is 16.2. The molecule has 2 heterocycles. The molecule has 3 amide bonds. The highest BCUT2D eigenvalue weighted by molar-refractivity contribution is 6.02. The van der Waals surface area contributed by atoms with Gasteiger partial charge in [-0.15, -0.1) is 0 Å². The van der Waals surface area contributed by atoms with Gasteiger partial charge in [-0.05, 0) is 43.9 Å². The Balaban J connectivity index is 1.90. The van der Waals surface area contributed by atoms with Crippen LogP contribution in [0.25, 0.3) is 0 Å². The molecule has 130 valence electrons. The molecule has 0 bridgehead atoms. The maximum atomic E-state index is 13.0. The zero-order valence-corrected chi connectivity index (χ0v) is 14.5. The van der Waals surface area contributed by atoms with Crippen molar-refractivity contribution in [2.45, 2.75) is 25.7 Å². The number of carbonyl (C=O) groups excluding carboxylic acids is 2. The SMILES string of the molecule is CN(C)C(=O)Nc1ccc(N2CCCC2)c(C(=O)N2CCCC2)c1. The van der Waals surface area contributed by atoms with Crippen LogP contribution in [0.1, 0.15) is 36.0 Å². The lowest BCUT2D eigenvalue weighted by Gasteiger charge is -2.24. The first-order valence-corrected chi connectivity index (χ1v) is 8.73. The summed E-state index contributed by atoms with van der Waals surface area (Å²) in [6, 6.07) is 5.49. The Morgan fingerprint density at radius 3 is 2.25 bits per heavy atom. The number of hydrogen-bond donors (Lipinski definition) is 1. The van der Waals surface area contributed by atoms with Crippen molar-refractivity contribution >= 4 is 23.3 Å². The number of nitrogens with one attached hydrogen (secondary N) is 1. The number of rotatable bonds is 3. The lowest BCUT2D eigenvalue weighted by Crippen LogP contribution is -2.31. The Labute approximate surface area is 143 Å². The van der Waals surface area contributed by atoms with E-state index >= 15 is 0 Å². The summed E-state index contributed by atoms with van der Waals surface area (Å²) in [5, 5.41) is 2.84. The lowest BCUT2D eigenvalue weighted by atomic mass is 10.1. The summed E-state index contributed by atoms with van der Waals surface area (Å²) >= 11 is 0. The molecule has 0 aromatic heterocycles. The van der Waals surface area contributed by atoms with Crippen LogP contribution in [0.5, 0.6) is 0 Å². The van der Waals surface area contributed by atoms with E-state index in [0.29, 0.717) is 11.3 Å². The van der Waals surface area contributed by atoms with Gasteiger partial charge in [-0.25, -0.2) is 4.79 Å². The molecule has 0 spiro atoms. The quantitative estimate of drug-likeness (QED) is 0.927. The Morgan fingerprint density at radius 1 is 1.00 bits per heavy atom. The van der Waals surface area contributed by atoms with Gasteiger partial charge in [-0.1, -0.05) is 0 Å². The Hall–Kier alpha value is -2.24. The van der Waals surface area contributed by atoms with Crippen LogP contribution in [-0.4, -0.2) is 62.0 Å². The predicted octanol–water partition coefficient (Wildman–Crippen LogP) is 2.62. The molecule has 6 heteroatoms. The topological polar surface area (TPSA) is 55.9 Å². The van der Waals surface area contributed by atoms with E-state index in [-0.39, 0.29) is 11.9 Å². The summed E-state index contributed by atoms with van der Waals surface area (Å²) < 4.78 is 0. The van der Waals surface area contributed by atoms with Crippen LogP contribution in [-0.2, 0) is 0 Å². The normalized spacial score (nSPS) is 17.2. The first-order chi connectivity index (χ1) is 11.6. The zero-order valence-electron chi connectivity index (χ0n) is 14.5. The zero-order chi connectivity index (χ0) is 17.1. The number of nitrogens with zero attached hydrogens (tertiary/aromatic N) is 3. The number of carbonyl (C=O) groups is 2. The standard InChI is InChI=1S/C18H26N4O2/c1-20(2)18(24)19-14-7-8-16(21-9-3-4-10-21)15(13-14)17(23)22-11-5-6-12-22/h7-8,13H,3-6,9-12H2,1-2H3,(H,19,24). The molecule has 2 aliphatic rings. The average molecular weight is 330 g/mol. The van der Waals surface area contributed by atoms with E-state index in [0.717, 1.165) is 57.5 Å². The molecule has 0 atom stereocenters. The third-order valence-electron chi connectivity index (χ3n) is 4.72. The van der Waals surface area contributed by atoms with E-state index in [2.05, 4.69) is 10.2 Å². The van der Waals surface area contributed by atoms with Crippen molar-refractivity contribution in [1.29, 1.82) is 0 Å². The maximum Gasteiger partial charge on any atom is 0.321 e. The molecule has 0 aliphatic carbocycles. The van der Waals surface area contributed by atoms with Gasteiger partial charge in [0.15, 0.2) is 0 Å². The molecular weight excluding hydrogens is 304 g/mol. The minimum absolute atomic E-state index is 0.0790. The highest BCUT2D eigenvalue weighted by Crippen LogP contribution is 2.29. The van der Waals surface area contributed by atoms with Crippen LogP contribution < -0.4 is 10.2 Å². The Bertz CT molecular complexity index is 617. The van der Waals surface area contributed by atoms with Crippen LogP contribution in [0.15, 0.2) is 18.2 Å². The van der Waals surface area contributed by atoms with Gasteiger partial charge in [0.1, 0.15) is 0 Å². The largest absolute Gasteiger partial charge is 0.371 e. The molecule has 0 radical (unpaired) electrons. The minimum Gasteiger partial charge on any atom is -0.371 e. The number of hydrogen-bond acceptors (Lipinski definition) is 3. The Morgan fingerprint density at radius 2 is 1.62 bits per heavy atom. The molecule has 2 fully saturated rings. The van der Waals surface area contributed by atoms with Gasteiger partial charge in [0.25, 0.3) is 5.91 Å². The summed E-state index contributed by atoms with van der Waals surface area (Å²) in [6.07, 6.45) is 4.47. The van der Waals surface area contributed by atoms with Gasteiger partial charge in [-0.2, -0.15) is 0 Å². The second-order valence-electron chi connectivity index (χ2n) is 6.75.